The van der Waals surface area contributed by atoms with E-state index in [0.717, 1.165) is 51.1 Å². The number of hydrogen-bond donors (Lipinski definition) is 2. The molecule has 0 atom stereocenters. The van der Waals surface area contributed by atoms with Crippen molar-refractivity contribution in [1.82, 2.24) is 10.6 Å². The molecule has 17 heavy (non-hydrogen) atoms. The van der Waals surface area contributed by atoms with Gasteiger partial charge in [-0.25, -0.2) is 0 Å². The van der Waals surface area contributed by atoms with Crippen molar-refractivity contribution in [2.75, 3.05) is 32.8 Å². The molecule has 0 radical (unpaired) electrons. The molecule has 0 saturated heterocycles. The molecule has 0 aliphatic heterocycles. The van der Waals surface area contributed by atoms with Gasteiger partial charge in [0.2, 0.25) is 0 Å². The van der Waals surface area contributed by atoms with Crippen LogP contribution in [-0.4, -0.2) is 38.8 Å². The first kappa shape index (κ1) is 17.0. The van der Waals surface area contributed by atoms with Gasteiger partial charge in [0.25, 0.3) is 0 Å². The first-order valence-corrected chi connectivity index (χ1v) is 6.46. The molecule has 1 rings (SSSR count). The monoisotopic (exact) mass is 355 g/mol. The van der Waals surface area contributed by atoms with Crippen LogP contribution in [0.15, 0.2) is 4.99 Å². The molecule has 0 aromatic rings. The third-order valence-electron chi connectivity index (χ3n) is 2.43. The van der Waals surface area contributed by atoms with Crippen molar-refractivity contribution < 1.29 is 4.74 Å². The van der Waals surface area contributed by atoms with E-state index >= 15 is 0 Å². The lowest BCUT2D eigenvalue weighted by Crippen LogP contribution is -2.39. The average Bonchev–Trinajstić information content (AvgIpc) is 3.09. The molecule has 0 aromatic heterocycles. The predicted molar refractivity (Wildman–Crippen MR) is 83.2 cm³/mol. The molecule has 0 spiro atoms. The molecule has 0 aromatic carbocycles. The van der Waals surface area contributed by atoms with Crippen molar-refractivity contribution >= 4 is 29.9 Å². The molecule has 5 heteroatoms. The molecule has 1 saturated carbocycles. The molecule has 0 unspecified atom stereocenters. The van der Waals surface area contributed by atoms with Crippen molar-refractivity contribution in [2.45, 2.75) is 33.1 Å². The van der Waals surface area contributed by atoms with E-state index in [-0.39, 0.29) is 24.0 Å². The van der Waals surface area contributed by atoms with Crippen LogP contribution in [0.3, 0.4) is 0 Å². The van der Waals surface area contributed by atoms with Gasteiger partial charge >= 0.3 is 0 Å². The Morgan fingerprint density at radius 1 is 1.29 bits per heavy atom. The van der Waals surface area contributed by atoms with Crippen LogP contribution in [0.1, 0.15) is 33.1 Å². The van der Waals surface area contributed by atoms with Crippen LogP contribution in [-0.2, 0) is 4.74 Å². The van der Waals surface area contributed by atoms with Gasteiger partial charge in [0, 0.05) is 26.2 Å². The molecule has 1 fully saturated rings. The lowest BCUT2D eigenvalue weighted by molar-refractivity contribution is 0.129. The molecule has 0 heterocycles. The first-order chi connectivity index (χ1) is 7.86. The lowest BCUT2D eigenvalue weighted by Gasteiger charge is -2.11. The molecule has 2 N–H and O–H groups in total. The summed E-state index contributed by atoms with van der Waals surface area (Å²) in [6.45, 7) is 8.52. The maximum absolute atomic E-state index is 5.55. The van der Waals surface area contributed by atoms with Gasteiger partial charge in [0.1, 0.15) is 0 Å². The van der Waals surface area contributed by atoms with E-state index in [2.05, 4.69) is 29.5 Å². The zero-order valence-electron chi connectivity index (χ0n) is 11.0. The second-order valence-corrected chi connectivity index (χ2v) is 4.21. The van der Waals surface area contributed by atoms with Gasteiger partial charge < -0.3 is 15.4 Å². The van der Waals surface area contributed by atoms with Crippen LogP contribution >= 0.6 is 24.0 Å². The van der Waals surface area contributed by atoms with E-state index in [9.17, 15) is 0 Å². The highest BCUT2D eigenvalue weighted by Gasteiger charge is 2.20. The Kier molecular flexibility index (Phi) is 11.0. The topological polar surface area (TPSA) is 45.7 Å². The standard InChI is InChI=1S/C12H25N3O.HI/c1-3-7-14-12(13-4-2)15-8-9-16-10-11-5-6-11;/h11H,3-10H2,1-2H3,(H2,13,14,15);1H. The second kappa shape index (κ2) is 11.1. The summed E-state index contributed by atoms with van der Waals surface area (Å²) >= 11 is 0. The number of ether oxygens (including phenoxy) is 1. The quantitative estimate of drug-likeness (QED) is 0.303. The summed E-state index contributed by atoms with van der Waals surface area (Å²) < 4.78 is 5.55. The molecule has 0 amide bonds. The van der Waals surface area contributed by atoms with Crippen molar-refractivity contribution in [1.29, 1.82) is 0 Å². The summed E-state index contributed by atoms with van der Waals surface area (Å²) in [6.07, 6.45) is 3.79. The SMILES string of the molecule is CCCN=C(NCC)NCCOCC1CC1.I. The summed E-state index contributed by atoms with van der Waals surface area (Å²) in [6, 6.07) is 0. The molecule has 1 aliphatic rings. The highest BCUT2D eigenvalue weighted by Crippen LogP contribution is 2.28. The van der Waals surface area contributed by atoms with Crippen LogP contribution in [0, 0.1) is 5.92 Å². The van der Waals surface area contributed by atoms with Gasteiger partial charge in [-0.1, -0.05) is 6.92 Å². The summed E-state index contributed by atoms with van der Waals surface area (Å²) in [4.78, 5) is 4.42. The number of rotatable bonds is 8. The van der Waals surface area contributed by atoms with Crippen LogP contribution in [0.25, 0.3) is 0 Å². The maximum atomic E-state index is 5.55. The minimum Gasteiger partial charge on any atom is -0.379 e. The number of hydrogen-bond acceptors (Lipinski definition) is 2. The fourth-order valence-corrected chi connectivity index (χ4v) is 1.34. The Hall–Kier alpha value is -0.0400. The van der Waals surface area contributed by atoms with Crippen LogP contribution in [0.4, 0.5) is 0 Å². The lowest BCUT2D eigenvalue weighted by atomic mass is 10.5. The molecule has 4 nitrogen and oxygen atoms in total. The molecule has 102 valence electrons. The normalized spacial score (nSPS) is 15.3. The first-order valence-electron chi connectivity index (χ1n) is 6.46. The molecule has 1 aliphatic carbocycles. The van der Waals surface area contributed by atoms with Gasteiger partial charge in [0.05, 0.1) is 6.61 Å². The fourth-order valence-electron chi connectivity index (χ4n) is 1.34. The summed E-state index contributed by atoms with van der Waals surface area (Å²) in [5.74, 6) is 1.75. The molecule has 0 bridgehead atoms. The third kappa shape index (κ3) is 9.64. The van der Waals surface area contributed by atoms with Crippen molar-refractivity contribution in [3.63, 3.8) is 0 Å². The second-order valence-electron chi connectivity index (χ2n) is 4.21. The number of guanidine groups is 1. The van der Waals surface area contributed by atoms with E-state index in [1.807, 2.05) is 0 Å². The van der Waals surface area contributed by atoms with Gasteiger partial charge in [-0.05, 0) is 32.1 Å². The Balaban J connectivity index is 0.00000256. The third-order valence-corrected chi connectivity index (χ3v) is 2.43. The number of halogens is 1. The minimum absolute atomic E-state index is 0. The van der Waals surface area contributed by atoms with Gasteiger partial charge in [-0.3, -0.25) is 4.99 Å². The summed E-state index contributed by atoms with van der Waals surface area (Å²) in [5, 5.41) is 6.48. The maximum Gasteiger partial charge on any atom is 0.191 e. The zero-order valence-corrected chi connectivity index (χ0v) is 13.3. The Morgan fingerprint density at radius 3 is 2.65 bits per heavy atom. The van der Waals surface area contributed by atoms with E-state index in [0.29, 0.717) is 0 Å². The predicted octanol–water partition coefficient (Wildman–Crippen LogP) is 2.00. The largest absolute Gasteiger partial charge is 0.379 e. The smallest absolute Gasteiger partial charge is 0.191 e. The number of nitrogens with one attached hydrogen (secondary N) is 2. The van der Waals surface area contributed by atoms with Crippen LogP contribution in [0.2, 0.25) is 0 Å². The van der Waals surface area contributed by atoms with E-state index in [1.165, 1.54) is 12.8 Å². The Bertz CT molecular complexity index is 208. The summed E-state index contributed by atoms with van der Waals surface area (Å²) in [7, 11) is 0. The van der Waals surface area contributed by atoms with Crippen LogP contribution < -0.4 is 10.6 Å². The highest BCUT2D eigenvalue weighted by molar-refractivity contribution is 14.0. The minimum atomic E-state index is 0. The van der Waals surface area contributed by atoms with Gasteiger partial charge in [0.15, 0.2) is 5.96 Å². The molecular weight excluding hydrogens is 329 g/mol. The van der Waals surface area contributed by atoms with Crippen molar-refractivity contribution in [3.05, 3.63) is 0 Å². The van der Waals surface area contributed by atoms with Crippen molar-refractivity contribution in [2.24, 2.45) is 10.9 Å². The van der Waals surface area contributed by atoms with E-state index < -0.39 is 0 Å². The Morgan fingerprint density at radius 2 is 2.06 bits per heavy atom. The Labute approximate surface area is 122 Å². The number of aliphatic imine (C=N–C) groups is 1. The van der Waals surface area contributed by atoms with E-state index in [1.54, 1.807) is 0 Å². The number of nitrogens with zero attached hydrogens (tertiary/aromatic N) is 1. The average molecular weight is 355 g/mol. The molecular formula is C12H26IN3O. The fraction of sp³-hybridized carbons (Fsp3) is 0.917. The zero-order chi connectivity index (χ0) is 11.6. The van der Waals surface area contributed by atoms with Gasteiger partial charge in [-0.15, -0.1) is 24.0 Å². The highest BCUT2D eigenvalue weighted by atomic mass is 127. The summed E-state index contributed by atoms with van der Waals surface area (Å²) in [5.41, 5.74) is 0. The van der Waals surface area contributed by atoms with Crippen molar-refractivity contribution in [3.8, 4) is 0 Å². The van der Waals surface area contributed by atoms with Crippen LogP contribution in [0.5, 0.6) is 0 Å². The van der Waals surface area contributed by atoms with E-state index in [4.69, 9.17) is 4.74 Å². The van der Waals surface area contributed by atoms with Gasteiger partial charge in [-0.2, -0.15) is 0 Å².